The number of esters is 1. The maximum absolute atomic E-state index is 13.1. The number of aromatic nitrogens is 2. The Hall–Kier alpha value is -2.76. The molecule has 0 spiro atoms. The predicted octanol–water partition coefficient (Wildman–Crippen LogP) is 3.57. The molecule has 170 valence electrons. The minimum absolute atomic E-state index is 0.0304. The van der Waals surface area contributed by atoms with Gasteiger partial charge in [0.05, 0.1) is 21.0 Å². The summed E-state index contributed by atoms with van der Waals surface area (Å²) in [6, 6.07) is 8.31. The maximum atomic E-state index is 13.1. The van der Waals surface area contributed by atoms with Gasteiger partial charge in [-0.15, -0.1) is 21.5 Å². The van der Waals surface area contributed by atoms with Crippen LogP contribution in [0.5, 0.6) is 0 Å². The van der Waals surface area contributed by atoms with Gasteiger partial charge in [-0.3, -0.25) is 0 Å². The van der Waals surface area contributed by atoms with Crippen LogP contribution < -0.4 is 4.90 Å². The second-order valence-electron chi connectivity index (χ2n) is 7.63. The minimum Gasteiger partial charge on any atom is -0.449 e. The van der Waals surface area contributed by atoms with Crippen molar-refractivity contribution in [3.63, 3.8) is 0 Å². The molecule has 11 heteroatoms. The Labute approximate surface area is 190 Å². The SMILES string of the molecule is CC(OC(=O)c1cc(S(=O)(=O)N(C)C)ccc1N1CCCC1)c1nnc(-c2cccs2)o1. The van der Waals surface area contributed by atoms with E-state index in [1.807, 2.05) is 17.5 Å². The van der Waals surface area contributed by atoms with Crippen molar-refractivity contribution in [2.75, 3.05) is 32.1 Å². The van der Waals surface area contributed by atoms with Crippen molar-refractivity contribution in [3.8, 4) is 10.8 Å². The van der Waals surface area contributed by atoms with E-state index < -0.39 is 22.1 Å². The highest BCUT2D eigenvalue weighted by Gasteiger charge is 2.27. The molecule has 9 nitrogen and oxygen atoms in total. The Kier molecular flexibility index (Phi) is 6.31. The highest BCUT2D eigenvalue weighted by Crippen LogP contribution is 2.31. The molecule has 1 saturated heterocycles. The van der Waals surface area contributed by atoms with Crippen LogP contribution in [0.25, 0.3) is 10.8 Å². The van der Waals surface area contributed by atoms with E-state index in [0.717, 1.165) is 35.1 Å². The van der Waals surface area contributed by atoms with Gasteiger partial charge in [0.2, 0.25) is 10.0 Å². The molecule has 3 aromatic rings. The van der Waals surface area contributed by atoms with Gasteiger partial charge in [-0.25, -0.2) is 17.5 Å². The minimum atomic E-state index is -3.71. The lowest BCUT2D eigenvalue weighted by atomic mass is 10.1. The van der Waals surface area contributed by atoms with E-state index in [2.05, 4.69) is 15.1 Å². The lowest BCUT2D eigenvalue weighted by molar-refractivity contribution is 0.0280. The summed E-state index contributed by atoms with van der Waals surface area (Å²) in [5, 5.41) is 9.91. The molecule has 1 fully saturated rings. The van der Waals surface area contributed by atoms with Crippen LogP contribution in [0.1, 0.15) is 42.1 Å². The molecule has 1 atom stereocenters. The fourth-order valence-corrected chi connectivity index (χ4v) is 5.03. The quantitative estimate of drug-likeness (QED) is 0.477. The molecule has 4 rings (SSSR count). The van der Waals surface area contributed by atoms with Gasteiger partial charge in [0.15, 0.2) is 6.10 Å². The summed E-state index contributed by atoms with van der Waals surface area (Å²) < 4.78 is 37.6. The van der Waals surface area contributed by atoms with Gasteiger partial charge in [0.25, 0.3) is 11.8 Å². The Bertz CT molecular complexity index is 1200. The molecule has 32 heavy (non-hydrogen) atoms. The van der Waals surface area contributed by atoms with Gasteiger partial charge < -0.3 is 14.1 Å². The van der Waals surface area contributed by atoms with Crippen LogP contribution in [0, 0.1) is 0 Å². The number of sulfonamides is 1. The first-order valence-electron chi connectivity index (χ1n) is 10.2. The molecular formula is C21H24N4O5S2. The van der Waals surface area contributed by atoms with Gasteiger partial charge in [-0.05, 0) is 49.4 Å². The van der Waals surface area contributed by atoms with Gasteiger partial charge in [-0.2, -0.15) is 0 Å². The van der Waals surface area contributed by atoms with E-state index >= 15 is 0 Å². The Morgan fingerprint density at radius 3 is 2.62 bits per heavy atom. The zero-order valence-corrected chi connectivity index (χ0v) is 19.6. The monoisotopic (exact) mass is 476 g/mol. The number of hydrogen-bond acceptors (Lipinski definition) is 9. The fourth-order valence-electron chi connectivity index (χ4n) is 3.46. The van der Waals surface area contributed by atoms with Crippen molar-refractivity contribution in [1.82, 2.24) is 14.5 Å². The Balaban J connectivity index is 1.62. The Morgan fingerprint density at radius 2 is 1.97 bits per heavy atom. The highest BCUT2D eigenvalue weighted by atomic mass is 32.2. The van der Waals surface area contributed by atoms with Gasteiger partial charge in [0.1, 0.15) is 0 Å². The van der Waals surface area contributed by atoms with E-state index in [4.69, 9.17) is 9.15 Å². The standard InChI is InChI=1S/C21H24N4O5S2/c1-14(19-22-23-20(30-19)18-7-6-12-31-18)29-21(26)16-13-15(32(27,28)24(2)3)8-9-17(16)25-10-4-5-11-25/h6-9,12-14H,4-5,10-11H2,1-3H3. The molecule has 0 radical (unpaired) electrons. The summed E-state index contributed by atoms with van der Waals surface area (Å²) in [5.74, 6) is -0.123. The van der Waals surface area contributed by atoms with E-state index in [1.54, 1.807) is 13.0 Å². The average Bonchev–Trinajstić information content (AvgIpc) is 3.55. The van der Waals surface area contributed by atoms with Crippen LogP contribution in [0.15, 0.2) is 45.0 Å². The van der Waals surface area contributed by atoms with Crippen molar-refractivity contribution in [1.29, 1.82) is 0 Å². The summed E-state index contributed by atoms with van der Waals surface area (Å²) in [7, 11) is -0.810. The molecule has 3 heterocycles. The Morgan fingerprint density at radius 1 is 1.22 bits per heavy atom. The zero-order chi connectivity index (χ0) is 22.9. The first kappa shape index (κ1) is 22.4. The third kappa shape index (κ3) is 4.41. The van der Waals surface area contributed by atoms with E-state index in [1.165, 1.54) is 37.6 Å². The molecule has 2 aromatic heterocycles. The number of benzene rings is 1. The van der Waals surface area contributed by atoms with Gasteiger partial charge in [0, 0.05) is 27.2 Å². The number of hydrogen-bond donors (Lipinski definition) is 0. The van der Waals surface area contributed by atoms with Crippen LogP contribution in [0.2, 0.25) is 0 Å². The second kappa shape index (κ2) is 9.00. The van der Waals surface area contributed by atoms with Gasteiger partial charge >= 0.3 is 5.97 Å². The molecule has 1 aromatic carbocycles. The van der Waals surface area contributed by atoms with Crippen molar-refractivity contribution >= 4 is 33.0 Å². The number of ether oxygens (including phenoxy) is 1. The van der Waals surface area contributed by atoms with Crippen molar-refractivity contribution in [2.45, 2.75) is 30.8 Å². The highest BCUT2D eigenvalue weighted by molar-refractivity contribution is 7.89. The summed E-state index contributed by atoms with van der Waals surface area (Å²) in [5.41, 5.74) is 0.849. The number of carbonyl (C=O) groups is 1. The second-order valence-corrected chi connectivity index (χ2v) is 10.7. The number of anilines is 1. The van der Waals surface area contributed by atoms with Crippen LogP contribution >= 0.6 is 11.3 Å². The molecule has 0 aliphatic carbocycles. The van der Waals surface area contributed by atoms with E-state index in [0.29, 0.717) is 11.6 Å². The smallest absolute Gasteiger partial charge is 0.341 e. The van der Waals surface area contributed by atoms with Crippen molar-refractivity contribution in [2.24, 2.45) is 0 Å². The van der Waals surface area contributed by atoms with E-state index in [-0.39, 0.29) is 16.3 Å². The number of thiophene rings is 1. The molecule has 0 saturated carbocycles. The van der Waals surface area contributed by atoms with Gasteiger partial charge in [-0.1, -0.05) is 6.07 Å². The molecular weight excluding hydrogens is 452 g/mol. The predicted molar refractivity (Wildman–Crippen MR) is 120 cm³/mol. The lowest BCUT2D eigenvalue weighted by Crippen LogP contribution is -2.25. The molecule has 0 N–H and O–H groups in total. The van der Waals surface area contributed by atoms with Crippen LogP contribution in [0.3, 0.4) is 0 Å². The third-order valence-electron chi connectivity index (χ3n) is 5.22. The van der Waals surface area contributed by atoms with Crippen LogP contribution in [-0.2, 0) is 14.8 Å². The normalized spacial score (nSPS) is 15.3. The largest absolute Gasteiger partial charge is 0.449 e. The molecule has 1 aliphatic rings. The van der Waals surface area contributed by atoms with Crippen LogP contribution in [-0.4, -0.2) is 56.1 Å². The summed E-state index contributed by atoms with van der Waals surface area (Å²) in [6.45, 7) is 3.23. The van der Waals surface area contributed by atoms with Crippen LogP contribution in [0.4, 0.5) is 5.69 Å². The summed E-state index contributed by atoms with van der Waals surface area (Å²) in [4.78, 5) is 16.1. The number of carbonyl (C=O) groups excluding carboxylic acids is 1. The summed E-state index contributed by atoms with van der Waals surface area (Å²) in [6.07, 6.45) is 1.22. The average molecular weight is 477 g/mol. The van der Waals surface area contributed by atoms with Crippen molar-refractivity contribution < 1.29 is 22.4 Å². The zero-order valence-electron chi connectivity index (χ0n) is 18.0. The first-order chi connectivity index (χ1) is 15.3. The maximum Gasteiger partial charge on any atom is 0.341 e. The molecule has 0 bridgehead atoms. The van der Waals surface area contributed by atoms with Crippen molar-refractivity contribution in [3.05, 3.63) is 47.2 Å². The lowest BCUT2D eigenvalue weighted by Gasteiger charge is -2.22. The third-order valence-corrected chi connectivity index (χ3v) is 7.89. The molecule has 1 aliphatic heterocycles. The first-order valence-corrected chi connectivity index (χ1v) is 12.5. The number of rotatable bonds is 7. The van der Waals surface area contributed by atoms with E-state index in [9.17, 15) is 13.2 Å². The number of nitrogens with zero attached hydrogens (tertiary/aromatic N) is 4. The molecule has 0 amide bonds. The molecule has 1 unspecified atom stereocenters. The summed E-state index contributed by atoms with van der Waals surface area (Å²) >= 11 is 1.46. The fraction of sp³-hybridized carbons (Fsp3) is 0.381. The topological polar surface area (TPSA) is 106 Å².